The van der Waals surface area contributed by atoms with Gasteiger partial charge in [-0.1, -0.05) is 6.92 Å². The van der Waals surface area contributed by atoms with Gasteiger partial charge in [0.25, 0.3) is 0 Å². The van der Waals surface area contributed by atoms with E-state index in [1.165, 1.54) is 12.5 Å². The molecule has 0 radical (unpaired) electrons. The molecular weight excluding hydrogens is 274 g/mol. The zero-order valence-electron chi connectivity index (χ0n) is 12.3. The van der Waals surface area contributed by atoms with E-state index in [0.29, 0.717) is 23.2 Å². The summed E-state index contributed by atoms with van der Waals surface area (Å²) in [4.78, 5) is 2.37. The second kappa shape index (κ2) is 5.26. The average Bonchev–Trinajstić information content (AvgIpc) is 2.34. The number of nitrogen functional groups attached to an aromatic ring is 1. The van der Waals surface area contributed by atoms with E-state index in [4.69, 9.17) is 10.9 Å². The van der Waals surface area contributed by atoms with Crippen molar-refractivity contribution < 1.29 is 8.42 Å². The van der Waals surface area contributed by atoms with Crippen molar-refractivity contribution in [3.05, 3.63) is 17.7 Å². The van der Waals surface area contributed by atoms with E-state index in [0.717, 1.165) is 18.7 Å². The van der Waals surface area contributed by atoms with Crippen molar-refractivity contribution in [2.45, 2.75) is 44.6 Å². The number of nitrogens with zero attached hydrogens (tertiary/aromatic N) is 1. The highest BCUT2D eigenvalue weighted by atomic mass is 32.2. The van der Waals surface area contributed by atoms with Crippen LogP contribution in [0, 0.1) is 12.8 Å². The molecule has 2 unspecified atom stereocenters. The Labute approximate surface area is 121 Å². The van der Waals surface area contributed by atoms with Gasteiger partial charge in [0.05, 0.1) is 4.90 Å². The molecule has 1 aromatic rings. The summed E-state index contributed by atoms with van der Waals surface area (Å²) in [6, 6.07) is 3.64. The monoisotopic (exact) mass is 297 g/mol. The van der Waals surface area contributed by atoms with Crippen molar-refractivity contribution in [2.75, 3.05) is 17.2 Å². The molecule has 0 aromatic heterocycles. The number of primary sulfonamides is 1. The summed E-state index contributed by atoms with van der Waals surface area (Å²) < 4.78 is 23.4. The Bertz CT molecular complexity index is 613. The van der Waals surface area contributed by atoms with Gasteiger partial charge in [-0.05, 0) is 50.3 Å². The molecule has 5 nitrogen and oxygen atoms in total. The van der Waals surface area contributed by atoms with E-state index < -0.39 is 10.0 Å². The largest absolute Gasteiger partial charge is 0.399 e. The Balaban J connectivity index is 2.55. The standard InChI is InChI=1S/C14H23N3O2S/c1-9-5-4-6-17(11(9)3)13-7-12(15)8-14(10(13)2)20(16,18)19/h7-9,11H,4-6,15H2,1-3H3,(H2,16,18,19). The maximum absolute atomic E-state index is 11.7. The molecule has 112 valence electrons. The lowest BCUT2D eigenvalue weighted by atomic mass is 9.91. The van der Waals surface area contributed by atoms with E-state index in [2.05, 4.69) is 18.7 Å². The second-order valence-corrected chi connectivity index (χ2v) is 7.29. The van der Waals surface area contributed by atoms with Crippen LogP contribution in [0.25, 0.3) is 0 Å². The van der Waals surface area contributed by atoms with Gasteiger partial charge in [-0.25, -0.2) is 13.6 Å². The summed E-state index contributed by atoms with van der Waals surface area (Å²) >= 11 is 0. The van der Waals surface area contributed by atoms with Gasteiger partial charge in [0.1, 0.15) is 0 Å². The van der Waals surface area contributed by atoms with Crippen LogP contribution in [0.4, 0.5) is 11.4 Å². The lowest BCUT2D eigenvalue weighted by molar-refractivity contribution is 0.363. The molecule has 0 bridgehead atoms. The summed E-state index contributed by atoms with van der Waals surface area (Å²) in [5, 5.41) is 5.29. The van der Waals surface area contributed by atoms with Gasteiger partial charge in [0, 0.05) is 24.0 Å². The molecular formula is C14H23N3O2S. The molecule has 1 saturated heterocycles. The Hall–Kier alpha value is -1.27. The summed E-state index contributed by atoms with van der Waals surface area (Å²) in [5.41, 5.74) is 7.86. The van der Waals surface area contributed by atoms with Crippen LogP contribution in [-0.2, 0) is 10.0 Å². The molecule has 2 atom stereocenters. The summed E-state index contributed by atoms with van der Waals surface area (Å²) in [7, 11) is -3.75. The van der Waals surface area contributed by atoms with Crippen LogP contribution in [-0.4, -0.2) is 21.0 Å². The number of nitrogens with two attached hydrogens (primary N) is 2. The summed E-state index contributed by atoms with van der Waals surface area (Å²) in [6.45, 7) is 7.10. The van der Waals surface area contributed by atoms with Gasteiger partial charge >= 0.3 is 0 Å². The quantitative estimate of drug-likeness (QED) is 0.815. The number of hydrogen-bond acceptors (Lipinski definition) is 4. The van der Waals surface area contributed by atoms with Gasteiger partial charge in [-0.15, -0.1) is 0 Å². The van der Waals surface area contributed by atoms with Crippen molar-refractivity contribution >= 4 is 21.4 Å². The number of rotatable bonds is 2. The van der Waals surface area contributed by atoms with Crippen LogP contribution in [0.1, 0.15) is 32.3 Å². The zero-order chi connectivity index (χ0) is 15.1. The molecule has 0 spiro atoms. The van der Waals surface area contributed by atoms with E-state index in [1.54, 1.807) is 6.92 Å². The first-order chi connectivity index (χ1) is 9.21. The third kappa shape index (κ3) is 2.76. The molecule has 1 aromatic carbocycles. The summed E-state index contributed by atoms with van der Waals surface area (Å²) in [6.07, 6.45) is 2.30. The van der Waals surface area contributed by atoms with Gasteiger partial charge in [0.2, 0.25) is 10.0 Å². The molecule has 0 saturated carbocycles. The summed E-state index contributed by atoms with van der Waals surface area (Å²) in [5.74, 6) is 0.572. The maximum Gasteiger partial charge on any atom is 0.238 e. The van der Waals surface area contributed by atoms with Gasteiger partial charge in [-0.2, -0.15) is 0 Å². The SMILES string of the molecule is Cc1c(N2CCCC(C)C2C)cc(N)cc1S(N)(=O)=O. The lowest BCUT2D eigenvalue weighted by Crippen LogP contribution is -2.43. The van der Waals surface area contributed by atoms with Crippen molar-refractivity contribution in [1.29, 1.82) is 0 Å². The molecule has 20 heavy (non-hydrogen) atoms. The average molecular weight is 297 g/mol. The fourth-order valence-electron chi connectivity index (χ4n) is 2.96. The zero-order valence-corrected chi connectivity index (χ0v) is 13.1. The molecule has 4 N–H and O–H groups in total. The first-order valence-electron chi connectivity index (χ1n) is 6.91. The lowest BCUT2D eigenvalue weighted by Gasteiger charge is -2.40. The highest BCUT2D eigenvalue weighted by molar-refractivity contribution is 7.89. The van der Waals surface area contributed by atoms with Crippen LogP contribution in [0.5, 0.6) is 0 Å². The van der Waals surface area contributed by atoms with Gasteiger partial charge in [-0.3, -0.25) is 0 Å². The van der Waals surface area contributed by atoms with E-state index in [9.17, 15) is 8.42 Å². The Kier molecular flexibility index (Phi) is 3.97. The minimum absolute atomic E-state index is 0.123. The van der Waals surface area contributed by atoms with Crippen molar-refractivity contribution in [1.82, 2.24) is 0 Å². The maximum atomic E-state index is 11.7. The minimum atomic E-state index is -3.75. The highest BCUT2D eigenvalue weighted by Gasteiger charge is 2.27. The van der Waals surface area contributed by atoms with E-state index in [1.807, 2.05) is 6.07 Å². The Morgan fingerprint density at radius 1 is 1.30 bits per heavy atom. The van der Waals surface area contributed by atoms with Crippen molar-refractivity contribution in [2.24, 2.45) is 11.1 Å². The topological polar surface area (TPSA) is 89.4 Å². The first-order valence-corrected chi connectivity index (χ1v) is 8.46. The molecule has 6 heteroatoms. The van der Waals surface area contributed by atoms with Crippen LogP contribution in [0.3, 0.4) is 0 Å². The highest BCUT2D eigenvalue weighted by Crippen LogP contribution is 2.34. The fraction of sp³-hybridized carbons (Fsp3) is 0.571. The van der Waals surface area contributed by atoms with Crippen LogP contribution >= 0.6 is 0 Å². The van der Waals surface area contributed by atoms with E-state index in [-0.39, 0.29) is 4.90 Å². The van der Waals surface area contributed by atoms with Crippen LogP contribution < -0.4 is 15.8 Å². The van der Waals surface area contributed by atoms with Gasteiger partial charge < -0.3 is 10.6 Å². The van der Waals surface area contributed by atoms with Crippen LogP contribution in [0.15, 0.2) is 17.0 Å². The fourth-order valence-corrected chi connectivity index (χ4v) is 3.79. The van der Waals surface area contributed by atoms with Crippen LogP contribution in [0.2, 0.25) is 0 Å². The Morgan fingerprint density at radius 2 is 1.95 bits per heavy atom. The number of anilines is 2. The third-order valence-electron chi connectivity index (χ3n) is 4.34. The van der Waals surface area contributed by atoms with E-state index >= 15 is 0 Å². The second-order valence-electron chi connectivity index (χ2n) is 5.76. The molecule has 0 amide bonds. The smallest absolute Gasteiger partial charge is 0.238 e. The third-order valence-corrected chi connectivity index (χ3v) is 5.38. The first kappa shape index (κ1) is 15.1. The molecule has 2 rings (SSSR count). The van der Waals surface area contributed by atoms with Gasteiger partial charge in [0.15, 0.2) is 0 Å². The van der Waals surface area contributed by atoms with Crippen molar-refractivity contribution in [3.8, 4) is 0 Å². The Morgan fingerprint density at radius 3 is 2.55 bits per heavy atom. The predicted octanol–water partition coefficient (Wildman–Crippen LogP) is 1.85. The normalized spacial score (nSPS) is 23.9. The number of sulfonamides is 1. The van der Waals surface area contributed by atoms with Crippen molar-refractivity contribution in [3.63, 3.8) is 0 Å². The minimum Gasteiger partial charge on any atom is -0.399 e. The molecule has 0 aliphatic carbocycles. The molecule has 1 aliphatic rings. The number of hydrogen-bond donors (Lipinski definition) is 2. The molecule has 1 fully saturated rings. The predicted molar refractivity (Wildman–Crippen MR) is 82.2 cm³/mol. The number of benzene rings is 1. The number of piperidine rings is 1. The molecule has 1 aliphatic heterocycles. The molecule has 1 heterocycles.